The van der Waals surface area contributed by atoms with E-state index in [2.05, 4.69) is 54.9 Å². The molecule has 2 aliphatic heterocycles. The monoisotopic (exact) mass is 562 g/mol. The maximum absolute atomic E-state index is 12.2. The van der Waals surface area contributed by atoms with E-state index < -0.39 is 29.7 Å². The van der Waals surface area contributed by atoms with E-state index in [1.807, 2.05) is 5.01 Å². The molecule has 4 unspecified atom stereocenters. The number of hydrogen-bond donors (Lipinski definition) is 4. The summed E-state index contributed by atoms with van der Waals surface area (Å²) in [5.74, 6) is 5.86. The number of aliphatic hydroxyl groups excluding tert-OH is 2. The van der Waals surface area contributed by atoms with Crippen LogP contribution in [0.25, 0.3) is 0 Å². The molecule has 1 aromatic heterocycles. The summed E-state index contributed by atoms with van der Waals surface area (Å²) < 4.78 is 12.8. The minimum absolute atomic E-state index is 0.0484. The largest absolute Gasteiger partial charge is 0.394 e. The third-order valence-corrected chi connectivity index (χ3v) is 7.37. The van der Waals surface area contributed by atoms with Gasteiger partial charge in [0, 0.05) is 32.2 Å². The van der Waals surface area contributed by atoms with Gasteiger partial charge >= 0.3 is 5.69 Å². The molecule has 3 heterocycles. The van der Waals surface area contributed by atoms with Crippen LogP contribution in [0.5, 0.6) is 0 Å². The summed E-state index contributed by atoms with van der Waals surface area (Å²) in [6.07, 6.45) is 4.13. The highest BCUT2D eigenvalue weighted by Gasteiger charge is 2.35. The van der Waals surface area contributed by atoms with Crippen molar-refractivity contribution in [3.8, 4) is 11.8 Å². The van der Waals surface area contributed by atoms with Gasteiger partial charge in [-0.05, 0) is 51.5 Å². The van der Waals surface area contributed by atoms with E-state index >= 15 is 0 Å². The predicted molar refractivity (Wildman–Crippen MR) is 151 cm³/mol. The van der Waals surface area contributed by atoms with Crippen molar-refractivity contribution in [1.82, 2.24) is 14.6 Å². The van der Waals surface area contributed by atoms with Gasteiger partial charge < -0.3 is 25.4 Å². The Morgan fingerprint density at radius 1 is 1.25 bits per heavy atom. The molecule has 0 spiro atoms. The lowest BCUT2D eigenvalue weighted by atomic mass is 9.89. The van der Waals surface area contributed by atoms with Crippen molar-refractivity contribution < 1.29 is 19.7 Å². The summed E-state index contributed by atoms with van der Waals surface area (Å²) in [6.45, 7) is 11.2. The van der Waals surface area contributed by atoms with E-state index in [1.165, 1.54) is 10.8 Å². The van der Waals surface area contributed by atoms with Crippen LogP contribution in [0.2, 0.25) is 0 Å². The first-order valence-electron chi connectivity index (χ1n) is 14.2. The number of nitrogens with one attached hydrogen (secondary N) is 1. The minimum atomic E-state index is -0.889. The number of nitrogens with two attached hydrogens (primary N) is 1. The van der Waals surface area contributed by atoms with Crippen molar-refractivity contribution in [1.29, 1.82) is 0 Å². The molecule has 1 fully saturated rings. The van der Waals surface area contributed by atoms with Crippen LogP contribution in [0.4, 0.5) is 0 Å². The van der Waals surface area contributed by atoms with Crippen molar-refractivity contribution >= 4 is 0 Å². The highest BCUT2D eigenvalue weighted by atomic mass is 16.5. The van der Waals surface area contributed by atoms with Crippen LogP contribution in [0.3, 0.4) is 0 Å². The molecule has 0 saturated carbocycles. The molecule has 0 bridgehead atoms. The summed E-state index contributed by atoms with van der Waals surface area (Å²) in [6, 6.07) is 0.166. The van der Waals surface area contributed by atoms with Gasteiger partial charge in [-0.25, -0.2) is 4.79 Å². The van der Waals surface area contributed by atoms with Gasteiger partial charge in [0.25, 0.3) is 5.56 Å². The van der Waals surface area contributed by atoms with E-state index in [-0.39, 0.29) is 35.6 Å². The Labute approximate surface area is 235 Å². The molecule has 3 rings (SSSR count). The average Bonchev–Trinajstić information content (AvgIpc) is 3.47. The van der Waals surface area contributed by atoms with Crippen LogP contribution in [0.1, 0.15) is 84.4 Å². The van der Waals surface area contributed by atoms with Gasteiger partial charge in [0.1, 0.15) is 17.9 Å². The third kappa shape index (κ3) is 9.52. The van der Waals surface area contributed by atoms with Crippen molar-refractivity contribution in [3.63, 3.8) is 0 Å². The second kappa shape index (κ2) is 14.4. The molecule has 1 saturated heterocycles. The number of H-pyrrole nitrogens is 1. The molecule has 0 radical (unpaired) electrons. The molecule has 5 N–H and O–H groups in total. The number of rotatable bonds is 14. The molecular formula is C28H46N6O6. The van der Waals surface area contributed by atoms with Gasteiger partial charge in [-0.1, -0.05) is 37.3 Å². The SMILES string of the molecule is CC(C)(CCOC(C)(C)CCN)CN1CC(CCCCC#Cc2cn(C3CC(O)C(CO)O3)c(=O)[nH]c2=O)N=N1. The van der Waals surface area contributed by atoms with Crippen LogP contribution in [-0.4, -0.2) is 81.5 Å². The Morgan fingerprint density at radius 3 is 2.73 bits per heavy atom. The summed E-state index contributed by atoms with van der Waals surface area (Å²) in [5, 5.41) is 30.1. The quantitative estimate of drug-likeness (QED) is 0.196. The van der Waals surface area contributed by atoms with Gasteiger partial charge in [0.15, 0.2) is 0 Å². The van der Waals surface area contributed by atoms with Crippen LogP contribution in [-0.2, 0) is 9.47 Å². The van der Waals surface area contributed by atoms with Gasteiger partial charge in [-0.15, -0.1) is 0 Å². The Hall–Kier alpha value is -2.56. The maximum Gasteiger partial charge on any atom is 0.330 e. The molecule has 0 amide bonds. The van der Waals surface area contributed by atoms with Crippen molar-refractivity contribution in [3.05, 3.63) is 32.6 Å². The number of aliphatic hydroxyl groups is 2. The van der Waals surface area contributed by atoms with Crippen molar-refractivity contribution in [2.45, 2.75) is 103 Å². The van der Waals surface area contributed by atoms with E-state index in [1.54, 1.807) is 0 Å². The summed E-state index contributed by atoms with van der Waals surface area (Å²) in [4.78, 5) is 26.7. The van der Waals surface area contributed by atoms with E-state index in [9.17, 15) is 19.8 Å². The standard InChI is InChI=1S/C28H46N6O6/c1-27(2,12-14-39-28(3,4)11-13-29)19-33-17-21(31-32-33)10-8-6-5-7-9-20-16-34(26(38)30-25(20)37)24-15-22(36)23(18-35)40-24/h16,21-24,35-36H,5-6,8,10-15,17-19,29H2,1-4H3,(H,30,37,38). The lowest BCUT2D eigenvalue weighted by Crippen LogP contribution is -2.34. The van der Waals surface area contributed by atoms with E-state index in [0.29, 0.717) is 19.6 Å². The first-order valence-corrected chi connectivity index (χ1v) is 14.2. The lowest BCUT2D eigenvalue weighted by Gasteiger charge is -2.31. The number of aromatic nitrogens is 2. The number of hydrogen-bond acceptors (Lipinski definition) is 10. The second-order valence-electron chi connectivity index (χ2n) is 12.1. The molecule has 4 atom stereocenters. The van der Waals surface area contributed by atoms with Crippen molar-refractivity contribution in [2.75, 3.05) is 32.8 Å². The van der Waals surface area contributed by atoms with Crippen molar-refractivity contribution in [2.24, 2.45) is 21.5 Å². The van der Waals surface area contributed by atoms with E-state index in [4.69, 9.17) is 15.2 Å². The van der Waals surface area contributed by atoms with Gasteiger partial charge in [0.2, 0.25) is 0 Å². The van der Waals surface area contributed by atoms with E-state index in [0.717, 1.165) is 45.2 Å². The van der Waals surface area contributed by atoms with Crippen LogP contribution < -0.4 is 17.0 Å². The molecule has 0 aromatic carbocycles. The van der Waals surface area contributed by atoms with Gasteiger partial charge in [-0.2, -0.15) is 5.11 Å². The molecule has 224 valence electrons. The van der Waals surface area contributed by atoms with Gasteiger partial charge in [-0.3, -0.25) is 19.4 Å². The Bertz CT molecular complexity index is 1170. The molecule has 12 heteroatoms. The number of aromatic amines is 1. The zero-order valence-electron chi connectivity index (χ0n) is 24.3. The van der Waals surface area contributed by atoms with Crippen LogP contribution in [0.15, 0.2) is 26.1 Å². The Kier molecular flexibility index (Phi) is 11.5. The fourth-order valence-corrected chi connectivity index (χ4v) is 4.89. The first kappa shape index (κ1) is 32.0. The molecule has 40 heavy (non-hydrogen) atoms. The fourth-order valence-electron chi connectivity index (χ4n) is 4.89. The zero-order valence-corrected chi connectivity index (χ0v) is 24.3. The zero-order chi connectivity index (χ0) is 29.3. The molecule has 0 aliphatic carbocycles. The van der Waals surface area contributed by atoms with Crippen LogP contribution >= 0.6 is 0 Å². The normalized spacial score (nSPS) is 23.0. The Balaban J connectivity index is 1.39. The molecule has 1 aromatic rings. The maximum atomic E-state index is 12.2. The summed E-state index contributed by atoms with van der Waals surface area (Å²) in [7, 11) is 0. The second-order valence-corrected chi connectivity index (χ2v) is 12.1. The smallest absolute Gasteiger partial charge is 0.330 e. The average molecular weight is 563 g/mol. The topological polar surface area (TPSA) is 168 Å². The van der Waals surface area contributed by atoms with Gasteiger partial charge in [0.05, 0.1) is 30.9 Å². The van der Waals surface area contributed by atoms with Crippen LogP contribution in [0, 0.1) is 17.3 Å². The Morgan fingerprint density at radius 2 is 2.02 bits per heavy atom. The highest BCUT2D eigenvalue weighted by Crippen LogP contribution is 2.28. The number of nitrogens with zero attached hydrogens (tertiary/aromatic N) is 4. The molecular weight excluding hydrogens is 516 g/mol. The summed E-state index contributed by atoms with van der Waals surface area (Å²) in [5.41, 5.74) is 4.46. The predicted octanol–water partition coefficient (Wildman–Crippen LogP) is 1.70. The molecule has 2 aliphatic rings. The number of unbranched alkanes of at least 4 members (excludes halogenated alkanes) is 2. The lowest BCUT2D eigenvalue weighted by molar-refractivity contribution is -0.0459. The first-order chi connectivity index (χ1) is 18.9. The highest BCUT2D eigenvalue weighted by molar-refractivity contribution is 5.29. The summed E-state index contributed by atoms with van der Waals surface area (Å²) >= 11 is 0. The molecule has 12 nitrogen and oxygen atoms in total. The number of ether oxygens (including phenoxy) is 2. The fraction of sp³-hybridized carbons (Fsp3) is 0.786. The third-order valence-electron chi connectivity index (χ3n) is 7.37. The minimum Gasteiger partial charge on any atom is -0.394 e.